The fourth-order valence-corrected chi connectivity index (χ4v) is 1.45. The first-order valence-corrected chi connectivity index (χ1v) is 6.53. The van der Waals surface area contributed by atoms with Gasteiger partial charge in [0, 0.05) is 0 Å². The summed E-state index contributed by atoms with van der Waals surface area (Å²) in [6.45, 7) is 6.38. The van der Waals surface area contributed by atoms with Gasteiger partial charge in [-0.05, 0) is 19.3 Å². The second kappa shape index (κ2) is 8.11. The van der Waals surface area contributed by atoms with E-state index < -0.39 is 30.6 Å². The SMILES string of the molecule is CCC(OC(=O)CCC(=O)OC(C)C(F)(F)F)C(C)C. The number of rotatable bonds is 7. The summed E-state index contributed by atoms with van der Waals surface area (Å²) in [5.41, 5.74) is 0. The van der Waals surface area contributed by atoms with Crippen LogP contribution in [0, 0.1) is 5.92 Å². The molecule has 0 heterocycles. The first-order valence-electron chi connectivity index (χ1n) is 6.53. The molecule has 0 fully saturated rings. The lowest BCUT2D eigenvalue weighted by molar-refractivity contribution is -0.216. The van der Waals surface area contributed by atoms with Crippen molar-refractivity contribution < 1.29 is 32.2 Å². The first kappa shape index (κ1) is 18.7. The third kappa shape index (κ3) is 7.35. The topological polar surface area (TPSA) is 52.6 Å². The van der Waals surface area contributed by atoms with Gasteiger partial charge in [0.1, 0.15) is 6.10 Å². The smallest absolute Gasteiger partial charge is 0.425 e. The molecule has 20 heavy (non-hydrogen) atoms. The number of alkyl halides is 3. The molecule has 2 unspecified atom stereocenters. The van der Waals surface area contributed by atoms with Crippen LogP contribution in [0.15, 0.2) is 0 Å². The van der Waals surface area contributed by atoms with Gasteiger partial charge in [-0.25, -0.2) is 0 Å². The number of hydrogen-bond donors (Lipinski definition) is 0. The van der Waals surface area contributed by atoms with Crippen LogP contribution in [0.3, 0.4) is 0 Å². The van der Waals surface area contributed by atoms with Gasteiger partial charge in [0.25, 0.3) is 0 Å². The summed E-state index contributed by atoms with van der Waals surface area (Å²) < 4.78 is 45.7. The molecule has 4 nitrogen and oxygen atoms in total. The molecule has 0 amide bonds. The highest BCUT2D eigenvalue weighted by Gasteiger charge is 2.39. The molecule has 0 bridgehead atoms. The Hall–Kier alpha value is -1.27. The predicted octanol–water partition coefficient (Wildman–Crippen LogP) is 3.24. The van der Waals surface area contributed by atoms with Gasteiger partial charge in [0.05, 0.1) is 12.8 Å². The monoisotopic (exact) mass is 298 g/mol. The van der Waals surface area contributed by atoms with Gasteiger partial charge in [0.15, 0.2) is 6.10 Å². The maximum absolute atomic E-state index is 12.1. The van der Waals surface area contributed by atoms with Crippen molar-refractivity contribution in [3.05, 3.63) is 0 Å². The van der Waals surface area contributed by atoms with Gasteiger partial charge in [-0.1, -0.05) is 20.8 Å². The molecule has 7 heteroatoms. The van der Waals surface area contributed by atoms with E-state index in [1.54, 1.807) is 0 Å². The molecule has 0 spiro atoms. The van der Waals surface area contributed by atoms with E-state index >= 15 is 0 Å². The second-order valence-corrected chi connectivity index (χ2v) is 4.85. The zero-order chi connectivity index (χ0) is 15.9. The summed E-state index contributed by atoms with van der Waals surface area (Å²) >= 11 is 0. The van der Waals surface area contributed by atoms with Crippen LogP contribution in [-0.2, 0) is 19.1 Å². The molecule has 0 N–H and O–H groups in total. The lowest BCUT2D eigenvalue weighted by Gasteiger charge is -2.20. The minimum Gasteiger partial charge on any atom is -0.462 e. The predicted molar refractivity (Wildman–Crippen MR) is 65.9 cm³/mol. The lowest BCUT2D eigenvalue weighted by Crippen LogP contribution is -2.31. The highest BCUT2D eigenvalue weighted by molar-refractivity contribution is 5.77. The summed E-state index contributed by atoms with van der Waals surface area (Å²) in [5.74, 6) is -1.53. The van der Waals surface area contributed by atoms with Gasteiger partial charge in [-0.3, -0.25) is 9.59 Å². The average Bonchev–Trinajstić information content (AvgIpc) is 2.31. The van der Waals surface area contributed by atoms with Crippen LogP contribution < -0.4 is 0 Å². The average molecular weight is 298 g/mol. The third-order valence-corrected chi connectivity index (χ3v) is 2.73. The standard InChI is InChI=1S/C13H21F3O4/c1-5-10(8(2)3)20-12(18)7-6-11(17)19-9(4)13(14,15)16/h8-10H,5-7H2,1-4H3. The number of hydrogen-bond acceptors (Lipinski definition) is 4. The van der Waals surface area contributed by atoms with Crippen LogP contribution in [0.4, 0.5) is 13.2 Å². The molecule has 0 aromatic rings. The zero-order valence-corrected chi connectivity index (χ0v) is 12.1. The fourth-order valence-electron chi connectivity index (χ4n) is 1.45. The van der Waals surface area contributed by atoms with Crippen LogP contribution in [0.5, 0.6) is 0 Å². The van der Waals surface area contributed by atoms with Crippen molar-refractivity contribution in [1.29, 1.82) is 0 Å². The summed E-state index contributed by atoms with van der Waals surface area (Å²) in [7, 11) is 0. The molecule has 0 saturated carbocycles. The van der Waals surface area contributed by atoms with E-state index in [1.165, 1.54) is 0 Å². The molecule has 0 aromatic heterocycles. The number of carbonyl (C=O) groups excluding carboxylic acids is 2. The largest absolute Gasteiger partial charge is 0.462 e. The fraction of sp³-hybridized carbons (Fsp3) is 0.846. The molecular weight excluding hydrogens is 277 g/mol. The summed E-state index contributed by atoms with van der Waals surface area (Å²) in [5, 5.41) is 0. The molecular formula is C13H21F3O4. The van der Waals surface area contributed by atoms with E-state index in [4.69, 9.17) is 4.74 Å². The Kier molecular flexibility index (Phi) is 7.60. The Balaban J connectivity index is 4.10. The first-order chi connectivity index (χ1) is 9.07. The quantitative estimate of drug-likeness (QED) is 0.677. The van der Waals surface area contributed by atoms with Gasteiger partial charge in [-0.15, -0.1) is 0 Å². The Bertz CT molecular complexity index is 310. The Morgan fingerprint density at radius 1 is 1.00 bits per heavy atom. The molecule has 2 atom stereocenters. The molecule has 118 valence electrons. The van der Waals surface area contributed by atoms with E-state index in [0.717, 1.165) is 6.92 Å². The minimum atomic E-state index is -4.60. The summed E-state index contributed by atoms with van der Waals surface area (Å²) in [6, 6.07) is 0. The van der Waals surface area contributed by atoms with Crippen molar-refractivity contribution in [3.63, 3.8) is 0 Å². The van der Waals surface area contributed by atoms with Gasteiger partial charge >= 0.3 is 18.1 Å². The van der Waals surface area contributed by atoms with Crippen molar-refractivity contribution in [2.24, 2.45) is 5.92 Å². The van der Waals surface area contributed by atoms with Crippen molar-refractivity contribution in [3.8, 4) is 0 Å². The molecule has 0 saturated heterocycles. The van der Waals surface area contributed by atoms with Gasteiger partial charge in [0.2, 0.25) is 0 Å². The van der Waals surface area contributed by atoms with Gasteiger partial charge < -0.3 is 9.47 Å². The van der Waals surface area contributed by atoms with Crippen molar-refractivity contribution in [2.45, 2.75) is 65.3 Å². The lowest BCUT2D eigenvalue weighted by atomic mass is 10.1. The van der Waals surface area contributed by atoms with E-state index in [1.807, 2.05) is 20.8 Å². The normalized spacial score (nSPS) is 14.8. The van der Waals surface area contributed by atoms with Crippen LogP contribution in [0.1, 0.15) is 47.0 Å². The van der Waals surface area contributed by atoms with E-state index in [-0.39, 0.29) is 18.4 Å². The molecule has 0 rings (SSSR count). The highest BCUT2D eigenvalue weighted by atomic mass is 19.4. The molecule has 0 aliphatic rings. The van der Waals surface area contributed by atoms with E-state index in [0.29, 0.717) is 6.42 Å². The van der Waals surface area contributed by atoms with Crippen molar-refractivity contribution in [1.82, 2.24) is 0 Å². The van der Waals surface area contributed by atoms with Crippen LogP contribution in [-0.4, -0.2) is 30.3 Å². The van der Waals surface area contributed by atoms with Crippen molar-refractivity contribution >= 4 is 11.9 Å². The zero-order valence-electron chi connectivity index (χ0n) is 12.1. The molecule has 0 aliphatic heterocycles. The molecule has 0 aliphatic carbocycles. The second-order valence-electron chi connectivity index (χ2n) is 4.85. The van der Waals surface area contributed by atoms with Gasteiger partial charge in [-0.2, -0.15) is 13.2 Å². The van der Waals surface area contributed by atoms with Crippen LogP contribution in [0.25, 0.3) is 0 Å². The van der Waals surface area contributed by atoms with Crippen molar-refractivity contribution in [2.75, 3.05) is 0 Å². The highest BCUT2D eigenvalue weighted by Crippen LogP contribution is 2.22. The Morgan fingerprint density at radius 2 is 1.45 bits per heavy atom. The van der Waals surface area contributed by atoms with E-state index in [9.17, 15) is 22.8 Å². The molecule has 0 radical (unpaired) electrons. The summed E-state index contributed by atoms with van der Waals surface area (Å²) in [6.07, 6.45) is -7.10. The maximum atomic E-state index is 12.1. The Labute approximate surface area is 116 Å². The maximum Gasteiger partial charge on any atom is 0.425 e. The molecule has 0 aromatic carbocycles. The number of halogens is 3. The Morgan fingerprint density at radius 3 is 1.80 bits per heavy atom. The number of ether oxygens (including phenoxy) is 2. The number of carbonyl (C=O) groups is 2. The summed E-state index contributed by atoms with van der Waals surface area (Å²) in [4.78, 5) is 22.6. The minimum absolute atomic E-state index is 0.140. The van der Waals surface area contributed by atoms with E-state index in [2.05, 4.69) is 4.74 Å². The van der Waals surface area contributed by atoms with Crippen LogP contribution in [0.2, 0.25) is 0 Å². The van der Waals surface area contributed by atoms with Crippen LogP contribution >= 0.6 is 0 Å². The number of esters is 2. The third-order valence-electron chi connectivity index (χ3n) is 2.73.